The molecule has 162 valence electrons. The lowest BCUT2D eigenvalue weighted by Gasteiger charge is -2.18. The first-order valence-electron chi connectivity index (χ1n) is 9.58. The van der Waals surface area contributed by atoms with E-state index in [1.165, 1.54) is 0 Å². The van der Waals surface area contributed by atoms with Gasteiger partial charge in [-0.25, -0.2) is 0 Å². The van der Waals surface area contributed by atoms with Crippen LogP contribution in [-0.4, -0.2) is 31.1 Å². The Labute approximate surface area is 190 Å². The third-order valence-corrected chi connectivity index (χ3v) is 7.38. The van der Waals surface area contributed by atoms with Crippen molar-refractivity contribution in [3.8, 4) is 0 Å². The van der Waals surface area contributed by atoms with Gasteiger partial charge in [0.2, 0.25) is 5.91 Å². The normalized spacial score (nSPS) is 12.4. The number of carbonyl (C=O) groups excluding carboxylic acids is 2. The lowest BCUT2D eigenvalue weighted by molar-refractivity contribution is -0.119. The van der Waals surface area contributed by atoms with E-state index in [0.29, 0.717) is 12.0 Å². The zero-order valence-electron chi connectivity index (χ0n) is 17.0. The van der Waals surface area contributed by atoms with Gasteiger partial charge in [-0.05, 0) is 65.8 Å². The summed E-state index contributed by atoms with van der Waals surface area (Å²) >= 11 is 2.18. The molecule has 2 aromatic carbocycles. The van der Waals surface area contributed by atoms with Gasteiger partial charge in [-0.3, -0.25) is 14.2 Å². The van der Waals surface area contributed by atoms with Crippen LogP contribution in [0.4, 0.5) is 0 Å². The molecule has 30 heavy (non-hydrogen) atoms. The summed E-state index contributed by atoms with van der Waals surface area (Å²) in [5.41, 5.74) is 7.52. The fourth-order valence-corrected chi connectivity index (χ4v) is 5.16. The molecule has 7 nitrogen and oxygen atoms in total. The maximum atomic E-state index is 12.6. The van der Waals surface area contributed by atoms with Crippen LogP contribution in [0, 0.1) is 3.57 Å². The second-order valence-electron chi connectivity index (χ2n) is 6.53. The van der Waals surface area contributed by atoms with Gasteiger partial charge in [0.25, 0.3) is 5.91 Å². The fourth-order valence-electron chi connectivity index (χ4n) is 2.86. The third-order valence-electron chi connectivity index (χ3n) is 4.27. The topological polar surface area (TPSA) is 108 Å². The lowest BCUT2D eigenvalue weighted by Crippen LogP contribution is -2.46. The van der Waals surface area contributed by atoms with Crippen molar-refractivity contribution in [1.29, 1.82) is 0 Å². The first kappa shape index (κ1) is 24.5. The highest BCUT2D eigenvalue weighted by Crippen LogP contribution is 2.51. The molecule has 0 fully saturated rings. The SMILES string of the molecule is CCOP(=O)(Cc1ccc(C(=O)N[C@H](Cc2ccccc2I)C(N)=O)cc1)OCC. The Kier molecular flexibility index (Phi) is 9.48. The molecule has 1 atom stereocenters. The summed E-state index contributed by atoms with van der Waals surface area (Å²) in [7, 11) is -3.22. The van der Waals surface area contributed by atoms with Gasteiger partial charge in [0.15, 0.2) is 0 Å². The molecule has 0 aliphatic heterocycles. The minimum absolute atomic E-state index is 0.118. The van der Waals surface area contributed by atoms with Crippen molar-refractivity contribution < 1.29 is 23.2 Å². The predicted molar refractivity (Wildman–Crippen MR) is 124 cm³/mol. The Bertz CT molecular complexity index is 910. The van der Waals surface area contributed by atoms with Gasteiger partial charge in [-0.15, -0.1) is 0 Å². The number of hydrogen-bond donors (Lipinski definition) is 2. The zero-order valence-corrected chi connectivity index (χ0v) is 20.0. The van der Waals surface area contributed by atoms with E-state index in [4.69, 9.17) is 14.8 Å². The molecule has 0 saturated carbocycles. The molecule has 0 aromatic heterocycles. The van der Waals surface area contributed by atoms with E-state index >= 15 is 0 Å². The number of nitrogens with two attached hydrogens (primary N) is 1. The van der Waals surface area contributed by atoms with Gasteiger partial charge in [-0.2, -0.15) is 0 Å². The van der Waals surface area contributed by atoms with Crippen molar-refractivity contribution >= 4 is 42.0 Å². The zero-order chi connectivity index (χ0) is 22.1. The standard InChI is InChI=1S/C21H26IN2O5P/c1-3-28-30(27,29-4-2)14-15-9-11-16(12-10-15)21(26)24-19(20(23)25)13-17-7-5-6-8-18(17)22/h5-12,19H,3-4,13-14H2,1-2H3,(H2,23,25)(H,24,26)/t19-/m1/s1. The number of carbonyl (C=O) groups is 2. The summed E-state index contributed by atoms with van der Waals surface area (Å²) in [6, 6.07) is 13.4. The van der Waals surface area contributed by atoms with Crippen molar-refractivity contribution in [2.45, 2.75) is 32.5 Å². The molecule has 0 radical (unpaired) electrons. The quantitative estimate of drug-likeness (QED) is 0.330. The van der Waals surface area contributed by atoms with Crippen LogP contribution in [0.3, 0.4) is 0 Å². The van der Waals surface area contributed by atoms with E-state index < -0.39 is 25.5 Å². The van der Waals surface area contributed by atoms with Gasteiger partial charge >= 0.3 is 7.60 Å². The van der Waals surface area contributed by atoms with E-state index in [2.05, 4.69) is 27.9 Å². The molecule has 9 heteroatoms. The molecule has 3 N–H and O–H groups in total. The van der Waals surface area contributed by atoms with Crippen molar-refractivity contribution in [1.82, 2.24) is 5.32 Å². The minimum atomic E-state index is -3.22. The maximum absolute atomic E-state index is 12.6. The van der Waals surface area contributed by atoms with Crippen LogP contribution in [0.25, 0.3) is 0 Å². The highest BCUT2D eigenvalue weighted by Gasteiger charge is 2.24. The Morgan fingerprint density at radius 2 is 1.67 bits per heavy atom. The third kappa shape index (κ3) is 7.19. The van der Waals surface area contributed by atoms with Crippen molar-refractivity contribution in [3.05, 3.63) is 68.8 Å². The summed E-state index contributed by atoms with van der Waals surface area (Å²) in [6.45, 7) is 4.08. The largest absolute Gasteiger partial charge is 0.368 e. The average molecular weight is 544 g/mol. The van der Waals surface area contributed by atoms with Crippen molar-refractivity contribution in [2.24, 2.45) is 5.73 Å². The number of benzene rings is 2. The molecule has 0 spiro atoms. The van der Waals surface area contributed by atoms with Crippen LogP contribution < -0.4 is 11.1 Å². The Morgan fingerprint density at radius 1 is 1.07 bits per heavy atom. The molecule has 0 unspecified atom stereocenters. The van der Waals surface area contributed by atoms with Gasteiger partial charge in [-0.1, -0.05) is 30.3 Å². The summed E-state index contributed by atoms with van der Waals surface area (Å²) in [5, 5.41) is 2.70. The number of rotatable bonds is 11. The number of amides is 2. The lowest BCUT2D eigenvalue weighted by atomic mass is 10.0. The number of nitrogens with one attached hydrogen (secondary N) is 1. The second kappa shape index (κ2) is 11.6. The Hall–Kier alpha value is -1.74. The Morgan fingerprint density at radius 3 is 2.20 bits per heavy atom. The molecule has 0 bridgehead atoms. The minimum Gasteiger partial charge on any atom is -0.368 e. The molecular weight excluding hydrogens is 518 g/mol. The van der Waals surface area contributed by atoms with Crippen LogP contribution in [0.5, 0.6) is 0 Å². The fraction of sp³-hybridized carbons (Fsp3) is 0.333. The first-order chi connectivity index (χ1) is 14.3. The van der Waals surface area contributed by atoms with E-state index in [1.54, 1.807) is 38.1 Å². The van der Waals surface area contributed by atoms with Gasteiger partial charge in [0.1, 0.15) is 6.04 Å². The van der Waals surface area contributed by atoms with E-state index in [9.17, 15) is 14.2 Å². The van der Waals surface area contributed by atoms with E-state index in [0.717, 1.165) is 14.7 Å². The Balaban J connectivity index is 2.07. The number of hydrogen-bond acceptors (Lipinski definition) is 5. The molecule has 2 rings (SSSR count). The first-order valence-corrected chi connectivity index (χ1v) is 12.4. The van der Waals surface area contributed by atoms with E-state index in [1.807, 2.05) is 24.3 Å². The molecule has 0 aliphatic carbocycles. The molecular formula is C21H26IN2O5P. The van der Waals surface area contributed by atoms with Gasteiger partial charge in [0.05, 0.1) is 19.4 Å². The average Bonchev–Trinajstić information content (AvgIpc) is 2.69. The summed E-state index contributed by atoms with van der Waals surface area (Å²) in [5.74, 6) is -1.01. The number of primary amides is 1. The smallest absolute Gasteiger partial charge is 0.335 e. The van der Waals surface area contributed by atoms with Crippen molar-refractivity contribution in [2.75, 3.05) is 13.2 Å². The van der Waals surface area contributed by atoms with Crippen LogP contribution in [-0.2, 0) is 31.0 Å². The predicted octanol–water partition coefficient (Wildman–Crippen LogP) is 3.88. The summed E-state index contributed by atoms with van der Waals surface area (Å²) in [4.78, 5) is 24.5. The van der Waals surface area contributed by atoms with Crippen molar-refractivity contribution in [3.63, 3.8) is 0 Å². The van der Waals surface area contributed by atoms with Crippen LogP contribution in [0.15, 0.2) is 48.5 Å². The van der Waals surface area contributed by atoms with Crippen LogP contribution in [0.1, 0.15) is 35.3 Å². The molecule has 0 saturated heterocycles. The van der Waals surface area contributed by atoms with E-state index in [-0.39, 0.29) is 19.4 Å². The maximum Gasteiger partial charge on any atom is 0.335 e. The van der Waals surface area contributed by atoms with Crippen LogP contribution >= 0.6 is 30.2 Å². The summed E-state index contributed by atoms with van der Waals surface area (Å²) < 4.78 is 24.2. The number of halogens is 1. The van der Waals surface area contributed by atoms with Gasteiger partial charge in [0, 0.05) is 15.6 Å². The molecule has 0 heterocycles. The molecule has 2 aromatic rings. The van der Waals surface area contributed by atoms with Crippen LogP contribution in [0.2, 0.25) is 0 Å². The second-order valence-corrected chi connectivity index (χ2v) is 9.74. The molecule has 0 aliphatic rings. The molecule has 2 amide bonds. The highest BCUT2D eigenvalue weighted by molar-refractivity contribution is 14.1. The highest BCUT2D eigenvalue weighted by atomic mass is 127. The summed E-state index contributed by atoms with van der Waals surface area (Å²) in [6.07, 6.45) is 0.428. The monoisotopic (exact) mass is 544 g/mol. The van der Waals surface area contributed by atoms with Gasteiger partial charge < -0.3 is 20.1 Å².